The van der Waals surface area contributed by atoms with Gasteiger partial charge in [0.05, 0.1) is 17.0 Å². The van der Waals surface area contributed by atoms with Crippen molar-refractivity contribution < 1.29 is 14.5 Å². The SMILES string of the molecule is Cc1ccccc1N1C(=O)CC(Nc2ccc([N+](=O)[O-])cc2)C1=O. The molecule has 2 amide bonds. The topological polar surface area (TPSA) is 92.6 Å². The van der Waals surface area contributed by atoms with Gasteiger partial charge < -0.3 is 5.32 Å². The lowest BCUT2D eigenvalue weighted by molar-refractivity contribution is -0.384. The number of carbonyl (C=O) groups excluding carboxylic acids is 2. The van der Waals surface area contributed by atoms with Gasteiger partial charge in [-0.1, -0.05) is 18.2 Å². The summed E-state index contributed by atoms with van der Waals surface area (Å²) in [6.07, 6.45) is 0.0458. The van der Waals surface area contributed by atoms with Crippen LogP contribution in [-0.2, 0) is 9.59 Å². The molecule has 0 aromatic heterocycles. The van der Waals surface area contributed by atoms with Gasteiger partial charge in [0.25, 0.3) is 11.6 Å². The molecular formula is C17H15N3O4. The van der Waals surface area contributed by atoms with Crippen molar-refractivity contribution in [1.82, 2.24) is 0 Å². The highest BCUT2D eigenvalue weighted by Gasteiger charge is 2.40. The summed E-state index contributed by atoms with van der Waals surface area (Å²) in [5, 5.41) is 13.6. The Kier molecular flexibility index (Phi) is 3.99. The number of hydrogen-bond acceptors (Lipinski definition) is 5. The number of para-hydroxylation sites is 1. The highest BCUT2D eigenvalue weighted by Crippen LogP contribution is 2.27. The number of nitrogens with zero attached hydrogens (tertiary/aromatic N) is 2. The molecular weight excluding hydrogens is 310 g/mol. The molecule has 1 unspecified atom stereocenters. The van der Waals surface area contributed by atoms with Gasteiger partial charge in [0.15, 0.2) is 0 Å². The average Bonchev–Trinajstić information content (AvgIpc) is 2.83. The number of hydrogen-bond donors (Lipinski definition) is 1. The maximum absolute atomic E-state index is 12.6. The van der Waals surface area contributed by atoms with Crippen LogP contribution >= 0.6 is 0 Å². The lowest BCUT2D eigenvalue weighted by Crippen LogP contribution is -2.35. The van der Waals surface area contributed by atoms with E-state index >= 15 is 0 Å². The fourth-order valence-corrected chi connectivity index (χ4v) is 2.69. The molecule has 7 heteroatoms. The fraction of sp³-hybridized carbons (Fsp3) is 0.176. The molecule has 1 fully saturated rings. The largest absolute Gasteiger partial charge is 0.373 e. The van der Waals surface area contributed by atoms with Crippen molar-refractivity contribution in [2.45, 2.75) is 19.4 Å². The number of non-ortho nitro benzene ring substituents is 1. The molecule has 7 nitrogen and oxygen atoms in total. The first-order chi connectivity index (χ1) is 11.5. The Morgan fingerprint density at radius 3 is 2.42 bits per heavy atom. The Bertz CT molecular complexity index is 817. The molecule has 0 saturated carbocycles. The maximum atomic E-state index is 12.6. The first-order valence-corrected chi connectivity index (χ1v) is 7.41. The van der Waals surface area contributed by atoms with Gasteiger partial charge in [-0.2, -0.15) is 0 Å². The number of rotatable bonds is 4. The zero-order valence-corrected chi connectivity index (χ0v) is 12.9. The van der Waals surface area contributed by atoms with Crippen LogP contribution in [0.1, 0.15) is 12.0 Å². The zero-order valence-electron chi connectivity index (χ0n) is 12.9. The fourth-order valence-electron chi connectivity index (χ4n) is 2.69. The molecule has 0 radical (unpaired) electrons. The zero-order chi connectivity index (χ0) is 17.3. The molecule has 1 N–H and O–H groups in total. The smallest absolute Gasteiger partial charge is 0.269 e. The monoisotopic (exact) mass is 325 g/mol. The van der Waals surface area contributed by atoms with Crippen molar-refractivity contribution in [3.63, 3.8) is 0 Å². The van der Waals surface area contributed by atoms with Crippen LogP contribution in [0.2, 0.25) is 0 Å². The second-order valence-corrected chi connectivity index (χ2v) is 5.56. The molecule has 0 aliphatic carbocycles. The van der Waals surface area contributed by atoms with Gasteiger partial charge in [-0.3, -0.25) is 19.7 Å². The van der Waals surface area contributed by atoms with Crippen molar-refractivity contribution in [2.75, 3.05) is 10.2 Å². The molecule has 0 spiro atoms. The van der Waals surface area contributed by atoms with E-state index in [1.807, 2.05) is 19.1 Å². The van der Waals surface area contributed by atoms with E-state index in [9.17, 15) is 19.7 Å². The molecule has 1 atom stereocenters. The van der Waals surface area contributed by atoms with Gasteiger partial charge in [0, 0.05) is 17.8 Å². The summed E-state index contributed by atoms with van der Waals surface area (Å²) in [5.74, 6) is -0.596. The highest BCUT2D eigenvalue weighted by molar-refractivity contribution is 6.23. The highest BCUT2D eigenvalue weighted by atomic mass is 16.6. The Balaban J connectivity index is 1.79. The van der Waals surface area contributed by atoms with Crippen LogP contribution in [0.4, 0.5) is 17.1 Å². The van der Waals surface area contributed by atoms with Gasteiger partial charge in [0.2, 0.25) is 5.91 Å². The first kappa shape index (κ1) is 15.7. The lowest BCUT2D eigenvalue weighted by atomic mass is 10.2. The predicted molar refractivity (Wildman–Crippen MR) is 88.8 cm³/mol. The Labute approximate surface area is 138 Å². The number of imide groups is 1. The Morgan fingerprint density at radius 2 is 1.79 bits per heavy atom. The average molecular weight is 325 g/mol. The van der Waals surface area contributed by atoms with E-state index in [1.54, 1.807) is 12.1 Å². The summed E-state index contributed by atoms with van der Waals surface area (Å²) in [7, 11) is 0. The predicted octanol–water partition coefficient (Wildman–Crippen LogP) is 2.65. The first-order valence-electron chi connectivity index (χ1n) is 7.41. The molecule has 24 heavy (non-hydrogen) atoms. The number of anilines is 2. The molecule has 122 valence electrons. The second kappa shape index (κ2) is 6.11. The van der Waals surface area contributed by atoms with E-state index in [4.69, 9.17) is 0 Å². The van der Waals surface area contributed by atoms with Crippen molar-refractivity contribution in [3.05, 3.63) is 64.2 Å². The summed E-state index contributed by atoms with van der Waals surface area (Å²) in [6.45, 7) is 1.84. The van der Waals surface area contributed by atoms with Crippen LogP contribution in [0.15, 0.2) is 48.5 Å². The normalized spacial score (nSPS) is 17.2. The van der Waals surface area contributed by atoms with Gasteiger partial charge >= 0.3 is 0 Å². The third-order valence-corrected chi connectivity index (χ3v) is 3.92. The summed E-state index contributed by atoms with van der Waals surface area (Å²) >= 11 is 0. The standard InChI is InChI=1S/C17H15N3O4/c1-11-4-2-3-5-15(11)19-16(21)10-14(17(19)22)18-12-6-8-13(9-7-12)20(23)24/h2-9,14,18H,10H2,1H3. The van der Waals surface area contributed by atoms with Crippen LogP contribution in [0.3, 0.4) is 0 Å². The van der Waals surface area contributed by atoms with Crippen LogP contribution in [0.25, 0.3) is 0 Å². The van der Waals surface area contributed by atoms with Gasteiger partial charge in [-0.15, -0.1) is 0 Å². The van der Waals surface area contributed by atoms with Gasteiger partial charge in [-0.05, 0) is 30.7 Å². The van der Waals surface area contributed by atoms with E-state index in [1.165, 1.54) is 29.2 Å². The van der Waals surface area contributed by atoms with Crippen LogP contribution in [-0.4, -0.2) is 22.8 Å². The minimum atomic E-state index is -0.682. The van der Waals surface area contributed by atoms with E-state index < -0.39 is 11.0 Å². The van der Waals surface area contributed by atoms with E-state index in [-0.39, 0.29) is 23.9 Å². The van der Waals surface area contributed by atoms with Gasteiger partial charge in [-0.25, -0.2) is 4.90 Å². The summed E-state index contributed by atoms with van der Waals surface area (Å²) in [6, 6.07) is 12.3. The Morgan fingerprint density at radius 1 is 1.12 bits per heavy atom. The quantitative estimate of drug-likeness (QED) is 0.530. The molecule has 2 aromatic rings. The number of benzene rings is 2. The maximum Gasteiger partial charge on any atom is 0.269 e. The lowest BCUT2D eigenvalue weighted by Gasteiger charge is -2.18. The summed E-state index contributed by atoms with van der Waals surface area (Å²) < 4.78 is 0. The van der Waals surface area contributed by atoms with Crippen molar-refractivity contribution in [3.8, 4) is 0 Å². The van der Waals surface area contributed by atoms with E-state index in [2.05, 4.69) is 5.32 Å². The number of carbonyl (C=O) groups is 2. The van der Waals surface area contributed by atoms with Crippen molar-refractivity contribution >= 4 is 28.9 Å². The molecule has 1 saturated heterocycles. The second-order valence-electron chi connectivity index (χ2n) is 5.56. The number of amides is 2. The minimum absolute atomic E-state index is 0.0316. The summed E-state index contributed by atoms with van der Waals surface area (Å²) in [4.78, 5) is 36.2. The number of aryl methyl sites for hydroxylation is 1. The molecule has 1 heterocycles. The number of nitrogens with one attached hydrogen (secondary N) is 1. The molecule has 2 aromatic carbocycles. The summed E-state index contributed by atoms with van der Waals surface area (Å²) in [5.41, 5.74) is 1.95. The number of nitro groups is 1. The van der Waals surface area contributed by atoms with Crippen LogP contribution < -0.4 is 10.2 Å². The third-order valence-electron chi connectivity index (χ3n) is 3.92. The van der Waals surface area contributed by atoms with Crippen molar-refractivity contribution in [2.24, 2.45) is 0 Å². The third kappa shape index (κ3) is 2.83. The van der Waals surface area contributed by atoms with Crippen LogP contribution in [0, 0.1) is 17.0 Å². The Hall–Kier alpha value is -3.22. The molecule has 3 rings (SSSR count). The van der Waals surface area contributed by atoms with E-state index in [0.29, 0.717) is 11.4 Å². The molecule has 0 bridgehead atoms. The van der Waals surface area contributed by atoms with E-state index in [0.717, 1.165) is 5.56 Å². The van der Waals surface area contributed by atoms with Gasteiger partial charge in [0.1, 0.15) is 6.04 Å². The van der Waals surface area contributed by atoms with Crippen LogP contribution in [0.5, 0.6) is 0 Å². The molecule has 1 aliphatic rings. The molecule has 1 aliphatic heterocycles. The minimum Gasteiger partial charge on any atom is -0.373 e. The number of nitro benzene ring substituents is 1. The van der Waals surface area contributed by atoms with Crippen molar-refractivity contribution in [1.29, 1.82) is 0 Å².